The third-order valence-electron chi connectivity index (χ3n) is 4.21. The smallest absolute Gasteiger partial charge is 0.255 e. The van der Waals surface area contributed by atoms with Gasteiger partial charge in [0.15, 0.2) is 0 Å². The maximum Gasteiger partial charge on any atom is 0.255 e. The number of rotatable bonds is 9. The van der Waals surface area contributed by atoms with Gasteiger partial charge in [-0.3, -0.25) is 4.79 Å². The SMILES string of the molecule is CCOc1ccc(OCCNC(=O)c2c(OCC)ccc3ccccc23)cc1. The standard InChI is InChI=1S/C23H25NO4/c1-3-26-18-10-12-19(13-11-18)28-16-15-24-23(25)22-20-8-6-5-7-17(20)9-14-21(22)27-4-2/h5-14H,3-4,15-16H2,1-2H3,(H,24,25). The Morgan fingerprint density at radius 1 is 0.821 bits per heavy atom. The predicted octanol–water partition coefficient (Wildman–Crippen LogP) is 4.45. The Kier molecular flexibility index (Phi) is 6.73. The first kappa shape index (κ1) is 19.5. The minimum Gasteiger partial charge on any atom is -0.494 e. The molecule has 1 amide bonds. The molecule has 0 aromatic heterocycles. The molecule has 0 unspecified atom stereocenters. The molecule has 0 atom stereocenters. The molecule has 0 saturated carbocycles. The summed E-state index contributed by atoms with van der Waals surface area (Å²) < 4.78 is 16.8. The molecular weight excluding hydrogens is 354 g/mol. The summed E-state index contributed by atoms with van der Waals surface area (Å²) in [4.78, 5) is 12.8. The minimum absolute atomic E-state index is 0.171. The Balaban J connectivity index is 1.62. The fourth-order valence-corrected chi connectivity index (χ4v) is 2.98. The van der Waals surface area contributed by atoms with Gasteiger partial charge in [0.2, 0.25) is 0 Å². The van der Waals surface area contributed by atoms with E-state index < -0.39 is 0 Å². The van der Waals surface area contributed by atoms with Gasteiger partial charge in [-0.05, 0) is 55.0 Å². The fourth-order valence-electron chi connectivity index (χ4n) is 2.98. The monoisotopic (exact) mass is 379 g/mol. The van der Waals surface area contributed by atoms with Gasteiger partial charge in [0.1, 0.15) is 23.9 Å². The van der Waals surface area contributed by atoms with Crippen LogP contribution in [0.25, 0.3) is 10.8 Å². The van der Waals surface area contributed by atoms with E-state index in [0.717, 1.165) is 22.3 Å². The zero-order chi connectivity index (χ0) is 19.8. The molecule has 5 nitrogen and oxygen atoms in total. The molecule has 0 saturated heterocycles. The molecule has 0 aliphatic rings. The number of hydrogen-bond donors (Lipinski definition) is 1. The maximum atomic E-state index is 12.8. The highest BCUT2D eigenvalue weighted by molar-refractivity contribution is 6.09. The van der Waals surface area contributed by atoms with E-state index in [-0.39, 0.29) is 5.91 Å². The number of ether oxygens (including phenoxy) is 3. The van der Waals surface area contributed by atoms with Crippen molar-refractivity contribution in [1.82, 2.24) is 5.32 Å². The van der Waals surface area contributed by atoms with Crippen LogP contribution in [0.1, 0.15) is 24.2 Å². The first-order valence-electron chi connectivity index (χ1n) is 9.51. The van der Waals surface area contributed by atoms with Gasteiger partial charge in [-0.25, -0.2) is 0 Å². The average Bonchev–Trinajstić information content (AvgIpc) is 2.72. The predicted molar refractivity (Wildman–Crippen MR) is 111 cm³/mol. The second kappa shape index (κ2) is 9.65. The number of hydrogen-bond acceptors (Lipinski definition) is 4. The van der Waals surface area contributed by atoms with Crippen LogP contribution < -0.4 is 19.5 Å². The molecule has 0 radical (unpaired) electrons. The zero-order valence-corrected chi connectivity index (χ0v) is 16.2. The number of carbonyl (C=O) groups excluding carboxylic acids is 1. The molecule has 5 heteroatoms. The first-order chi connectivity index (χ1) is 13.7. The van der Waals surface area contributed by atoms with E-state index in [1.54, 1.807) is 0 Å². The summed E-state index contributed by atoms with van der Waals surface area (Å²) in [6, 6.07) is 19.0. The van der Waals surface area contributed by atoms with Crippen molar-refractivity contribution < 1.29 is 19.0 Å². The van der Waals surface area contributed by atoms with Crippen LogP contribution in [0.4, 0.5) is 0 Å². The summed E-state index contributed by atoms with van der Waals surface area (Å²) in [7, 11) is 0. The Morgan fingerprint density at radius 3 is 2.21 bits per heavy atom. The van der Waals surface area contributed by atoms with Gasteiger partial charge >= 0.3 is 0 Å². The molecule has 0 bridgehead atoms. The molecule has 3 aromatic carbocycles. The van der Waals surface area contributed by atoms with Crippen LogP contribution in [0.2, 0.25) is 0 Å². The van der Waals surface area contributed by atoms with Crippen molar-refractivity contribution in [3.05, 3.63) is 66.2 Å². The summed E-state index contributed by atoms with van der Waals surface area (Å²) in [5.74, 6) is 1.96. The highest BCUT2D eigenvalue weighted by atomic mass is 16.5. The Morgan fingerprint density at radius 2 is 1.50 bits per heavy atom. The van der Waals surface area contributed by atoms with E-state index in [2.05, 4.69) is 5.32 Å². The van der Waals surface area contributed by atoms with Gasteiger partial charge in [-0.15, -0.1) is 0 Å². The molecule has 0 spiro atoms. The normalized spacial score (nSPS) is 10.5. The van der Waals surface area contributed by atoms with Gasteiger partial charge in [0.25, 0.3) is 5.91 Å². The second-order valence-corrected chi connectivity index (χ2v) is 6.10. The van der Waals surface area contributed by atoms with E-state index in [4.69, 9.17) is 14.2 Å². The van der Waals surface area contributed by atoms with Gasteiger partial charge in [0, 0.05) is 0 Å². The van der Waals surface area contributed by atoms with Crippen molar-refractivity contribution in [2.24, 2.45) is 0 Å². The van der Waals surface area contributed by atoms with Crippen LogP contribution in [-0.4, -0.2) is 32.3 Å². The lowest BCUT2D eigenvalue weighted by atomic mass is 10.0. The average molecular weight is 379 g/mol. The van der Waals surface area contributed by atoms with Crippen molar-refractivity contribution in [2.75, 3.05) is 26.4 Å². The lowest BCUT2D eigenvalue weighted by molar-refractivity contribution is 0.0945. The topological polar surface area (TPSA) is 56.8 Å². The highest BCUT2D eigenvalue weighted by Gasteiger charge is 2.16. The van der Waals surface area contributed by atoms with Gasteiger partial charge in [-0.2, -0.15) is 0 Å². The number of nitrogens with one attached hydrogen (secondary N) is 1. The molecule has 146 valence electrons. The summed E-state index contributed by atoms with van der Waals surface area (Å²) in [6.45, 7) is 5.74. The molecular formula is C23H25NO4. The first-order valence-corrected chi connectivity index (χ1v) is 9.51. The molecule has 1 N–H and O–H groups in total. The van der Waals surface area contributed by atoms with Gasteiger partial charge in [0.05, 0.1) is 25.3 Å². The molecule has 3 aromatic rings. The fraction of sp³-hybridized carbons (Fsp3) is 0.261. The summed E-state index contributed by atoms with van der Waals surface area (Å²) in [5.41, 5.74) is 0.556. The molecule has 0 aliphatic carbocycles. The largest absolute Gasteiger partial charge is 0.494 e. The van der Waals surface area contributed by atoms with E-state index in [0.29, 0.717) is 37.7 Å². The summed E-state index contributed by atoms with van der Waals surface area (Å²) in [5, 5.41) is 4.80. The van der Waals surface area contributed by atoms with E-state index in [1.807, 2.05) is 74.5 Å². The molecule has 0 heterocycles. The molecule has 28 heavy (non-hydrogen) atoms. The quantitative estimate of drug-likeness (QED) is 0.558. The zero-order valence-electron chi connectivity index (χ0n) is 16.2. The number of benzene rings is 3. The second-order valence-electron chi connectivity index (χ2n) is 6.10. The Hall–Kier alpha value is -3.21. The lowest BCUT2D eigenvalue weighted by Gasteiger charge is -2.14. The summed E-state index contributed by atoms with van der Waals surface area (Å²) in [6.07, 6.45) is 0. The van der Waals surface area contributed by atoms with Gasteiger partial charge in [-0.1, -0.05) is 30.3 Å². The third kappa shape index (κ3) is 4.74. The number of carbonyl (C=O) groups is 1. The Bertz CT molecular complexity index is 922. The minimum atomic E-state index is -0.171. The van der Waals surface area contributed by atoms with E-state index >= 15 is 0 Å². The Labute approximate surface area is 165 Å². The van der Waals surface area contributed by atoms with Crippen LogP contribution in [0.5, 0.6) is 17.2 Å². The van der Waals surface area contributed by atoms with E-state index in [9.17, 15) is 4.79 Å². The van der Waals surface area contributed by atoms with Crippen LogP contribution in [-0.2, 0) is 0 Å². The summed E-state index contributed by atoms with van der Waals surface area (Å²) >= 11 is 0. The number of fused-ring (bicyclic) bond motifs is 1. The van der Waals surface area contributed by atoms with Crippen molar-refractivity contribution in [2.45, 2.75) is 13.8 Å². The highest BCUT2D eigenvalue weighted by Crippen LogP contribution is 2.28. The van der Waals surface area contributed by atoms with Crippen molar-refractivity contribution >= 4 is 16.7 Å². The van der Waals surface area contributed by atoms with Crippen LogP contribution >= 0.6 is 0 Å². The van der Waals surface area contributed by atoms with Gasteiger partial charge < -0.3 is 19.5 Å². The number of amides is 1. The van der Waals surface area contributed by atoms with Crippen LogP contribution in [0, 0.1) is 0 Å². The lowest BCUT2D eigenvalue weighted by Crippen LogP contribution is -2.28. The molecule has 0 fully saturated rings. The van der Waals surface area contributed by atoms with Crippen LogP contribution in [0.3, 0.4) is 0 Å². The van der Waals surface area contributed by atoms with Crippen molar-refractivity contribution in [3.8, 4) is 17.2 Å². The molecule has 0 aliphatic heterocycles. The van der Waals surface area contributed by atoms with Crippen molar-refractivity contribution in [3.63, 3.8) is 0 Å². The van der Waals surface area contributed by atoms with Crippen molar-refractivity contribution in [1.29, 1.82) is 0 Å². The van der Waals surface area contributed by atoms with E-state index in [1.165, 1.54) is 0 Å². The maximum absolute atomic E-state index is 12.8. The molecule has 3 rings (SSSR count). The third-order valence-corrected chi connectivity index (χ3v) is 4.21. The van der Waals surface area contributed by atoms with Crippen LogP contribution in [0.15, 0.2) is 60.7 Å².